The van der Waals surface area contributed by atoms with Crippen molar-refractivity contribution in [2.75, 3.05) is 18.1 Å². The van der Waals surface area contributed by atoms with Gasteiger partial charge in [0.15, 0.2) is 9.84 Å². The molecule has 1 heterocycles. The topological polar surface area (TPSA) is 66.5 Å². The van der Waals surface area contributed by atoms with E-state index < -0.39 is 9.84 Å². The Hall–Kier alpha value is -2.05. The summed E-state index contributed by atoms with van der Waals surface area (Å²) in [4.78, 5) is 14.6. The highest BCUT2D eigenvalue weighted by molar-refractivity contribution is 7.89. The van der Waals surface area contributed by atoms with Gasteiger partial charge in [-0.1, -0.05) is 41.9 Å². The molecule has 0 aromatic heterocycles. The summed E-state index contributed by atoms with van der Waals surface area (Å²) in [5.74, 6) is -0.110. The predicted molar refractivity (Wildman–Crippen MR) is 104 cm³/mol. The Bertz CT molecular complexity index is 915. The van der Waals surface area contributed by atoms with Gasteiger partial charge in [0.05, 0.1) is 11.8 Å². The Balaban J connectivity index is 1.80. The molecule has 2 aromatic carbocycles. The maximum Gasteiger partial charge on any atom is 0.322 e. The minimum absolute atomic E-state index is 0.0317. The number of anilines is 1. The van der Waals surface area contributed by atoms with Crippen LogP contribution in [0.3, 0.4) is 0 Å². The molecule has 3 rings (SSSR count). The van der Waals surface area contributed by atoms with E-state index in [-0.39, 0.29) is 17.8 Å². The summed E-state index contributed by atoms with van der Waals surface area (Å²) in [5, 5.41) is 3.53. The van der Waals surface area contributed by atoms with Crippen LogP contribution in [0.5, 0.6) is 0 Å². The number of rotatable bonds is 4. The van der Waals surface area contributed by atoms with Crippen LogP contribution >= 0.6 is 11.6 Å². The minimum atomic E-state index is -3.19. The Labute approximate surface area is 158 Å². The quantitative estimate of drug-likeness (QED) is 0.845. The standard InChI is InChI=1S/C19H21ClN2O3S/c1-26(24,25)13-15-6-2-3-9-17(15)21-19(23)22-11-5-10-18(22)14-7-4-8-16(20)12-14/h2-4,6-9,12,18H,5,10-11,13H2,1H3,(H,21,23). The summed E-state index contributed by atoms with van der Waals surface area (Å²) in [6, 6.07) is 14.3. The van der Waals surface area contributed by atoms with Crippen LogP contribution in [0.2, 0.25) is 5.02 Å². The molecule has 0 radical (unpaired) electrons. The van der Waals surface area contributed by atoms with Crippen molar-refractivity contribution in [2.24, 2.45) is 0 Å². The molecule has 138 valence electrons. The summed E-state index contributed by atoms with van der Waals surface area (Å²) in [6.45, 7) is 0.650. The van der Waals surface area contributed by atoms with E-state index >= 15 is 0 Å². The van der Waals surface area contributed by atoms with Crippen molar-refractivity contribution in [1.82, 2.24) is 4.90 Å². The van der Waals surface area contributed by atoms with Crippen molar-refractivity contribution in [1.29, 1.82) is 0 Å². The Kier molecular flexibility index (Phi) is 5.53. The first-order valence-electron chi connectivity index (χ1n) is 8.42. The van der Waals surface area contributed by atoms with Crippen molar-refractivity contribution in [3.8, 4) is 0 Å². The van der Waals surface area contributed by atoms with Crippen LogP contribution in [0.1, 0.15) is 30.0 Å². The largest absolute Gasteiger partial charge is 0.322 e. The van der Waals surface area contributed by atoms with Gasteiger partial charge in [0.2, 0.25) is 0 Å². The van der Waals surface area contributed by atoms with E-state index in [0.29, 0.717) is 22.8 Å². The SMILES string of the molecule is CS(=O)(=O)Cc1ccccc1NC(=O)N1CCCC1c1cccc(Cl)c1. The number of likely N-dealkylation sites (tertiary alicyclic amines) is 1. The van der Waals surface area contributed by atoms with Crippen LogP contribution in [0.4, 0.5) is 10.5 Å². The number of carbonyl (C=O) groups excluding carboxylic acids is 1. The van der Waals surface area contributed by atoms with Gasteiger partial charge in [0, 0.05) is 23.5 Å². The first-order valence-corrected chi connectivity index (χ1v) is 10.9. The molecule has 0 saturated carbocycles. The van der Waals surface area contributed by atoms with Crippen molar-refractivity contribution < 1.29 is 13.2 Å². The highest BCUT2D eigenvalue weighted by Gasteiger charge is 2.30. The lowest BCUT2D eigenvalue weighted by Crippen LogP contribution is -2.34. The molecule has 1 atom stereocenters. The Morgan fingerprint density at radius 3 is 2.73 bits per heavy atom. The molecule has 1 unspecified atom stereocenters. The molecule has 1 N–H and O–H groups in total. The first kappa shape index (κ1) is 18.7. The average Bonchev–Trinajstić information content (AvgIpc) is 3.05. The van der Waals surface area contributed by atoms with Crippen LogP contribution in [-0.4, -0.2) is 32.1 Å². The average molecular weight is 393 g/mol. The number of hydrogen-bond acceptors (Lipinski definition) is 3. The van der Waals surface area contributed by atoms with Crippen LogP contribution in [-0.2, 0) is 15.6 Å². The smallest absolute Gasteiger partial charge is 0.317 e. The van der Waals surface area contributed by atoms with E-state index in [0.717, 1.165) is 18.4 Å². The van der Waals surface area contributed by atoms with E-state index in [1.165, 1.54) is 6.26 Å². The highest BCUT2D eigenvalue weighted by atomic mass is 35.5. The number of urea groups is 1. The monoisotopic (exact) mass is 392 g/mol. The van der Waals surface area contributed by atoms with Gasteiger partial charge < -0.3 is 10.2 Å². The number of nitrogens with one attached hydrogen (secondary N) is 1. The van der Waals surface area contributed by atoms with Crippen molar-refractivity contribution in [2.45, 2.75) is 24.6 Å². The maximum absolute atomic E-state index is 12.8. The highest BCUT2D eigenvalue weighted by Crippen LogP contribution is 2.33. The Morgan fingerprint density at radius 2 is 2.00 bits per heavy atom. The molecule has 1 saturated heterocycles. The second-order valence-corrected chi connectivity index (χ2v) is 9.14. The maximum atomic E-state index is 12.8. The third-order valence-corrected chi connectivity index (χ3v) is 5.49. The van der Waals surface area contributed by atoms with Gasteiger partial charge in [-0.15, -0.1) is 0 Å². The van der Waals surface area contributed by atoms with Crippen molar-refractivity contribution in [3.05, 3.63) is 64.7 Å². The molecule has 1 aliphatic rings. The second kappa shape index (κ2) is 7.68. The normalized spacial score (nSPS) is 17.3. The molecule has 0 aliphatic carbocycles. The summed E-state index contributed by atoms with van der Waals surface area (Å²) in [6.07, 6.45) is 2.97. The lowest BCUT2D eigenvalue weighted by atomic mass is 10.0. The van der Waals surface area contributed by atoms with Crippen LogP contribution in [0.15, 0.2) is 48.5 Å². The number of hydrogen-bond donors (Lipinski definition) is 1. The number of para-hydroxylation sites is 1. The van der Waals surface area contributed by atoms with E-state index in [2.05, 4.69) is 5.32 Å². The number of nitrogens with zero attached hydrogens (tertiary/aromatic N) is 1. The van der Waals surface area contributed by atoms with Gasteiger partial charge in [-0.25, -0.2) is 13.2 Å². The first-order chi connectivity index (χ1) is 12.3. The van der Waals surface area contributed by atoms with Gasteiger partial charge in [-0.2, -0.15) is 0 Å². The molecule has 7 heteroatoms. The number of amides is 2. The molecule has 26 heavy (non-hydrogen) atoms. The van der Waals surface area contributed by atoms with Crippen LogP contribution < -0.4 is 5.32 Å². The molecule has 5 nitrogen and oxygen atoms in total. The lowest BCUT2D eigenvalue weighted by Gasteiger charge is -2.26. The summed E-state index contributed by atoms with van der Waals surface area (Å²) < 4.78 is 23.3. The zero-order chi connectivity index (χ0) is 18.7. The van der Waals surface area contributed by atoms with Crippen LogP contribution in [0.25, 0.3) is 0 Å². The summed E-state index contributed by atoms with van der Waals surface area (Å²) >= 11 is 6.09. The van der Waals surface area contributed by atoms with E-state index in [1.54, 1.807) is 29.2 Å². The molecule has 2 amide bonds. The zero-order valence-corrected chi connectivity index (χ0v) is 16.1. The van der Waals surface area contributed by atoms with E-state index in [9.17, 15) is 13.2 Å². The number of benzene rings is 2. The summed E-state index contributed by atoms with van der Waals surface area (Å²) in [5.41, 5.74) is 2.12. The second-order valence-electron chi connectivity index (χ2n) is 6.56. The van der Waals surface area contributed by atoms with E-state index in [4.69, 9.17) is 11.6 Å². The summed E-state index contributed by atoms with van der Waals surface area (Å²) in [7, 11) is -3.19. The zero-order valence-electron chi connectivity index (χ0n) is 14.5. The van der Waals surface area contributed by atoms with Gasteiger partial charge >= 0.3 is 6.03 Å². The number of sulfone groups is 1. The van der Waals surface area contributed by atoms with Gasteiger partial charge in [-0.3, -0.25) is 0 Å². The fourth-order valence-corrected chi connectivity index (χ4v) is 4.32. The fourth-order valence-electron chi connectivity index (χ4n) is 3.31. The van der Waals surface area contributed by atoms with E-state index in [1.807, 2.05) is 24.3 Å². The Morgan fingerprint density at radius 1 is 1.23 bits per heavy atom. The molecule has 0 bridgehead atoms. The molecule has 2 aromatic rings. The van der Waals surface area contributed by atoms with Crippen LogP contribution in [0, 0.1) is 0 Å². The van der Waals surface area contributed by atoms with Gasteiger partial charge in [0.25, 0.3) is 0 Å². The minimum Gasteiger partial charge on any atom is -0.317 e. The number of halogens is 1. The number of carbonyl (C=O) groups is 1. The lowest BCUT2D eigenvalue weighted by molar-refractivity contribution is 0.207. The van der Waals surface area contributed by atoms with Crippen molar-refractivity contribution in [3.63, 3.8) is 0 Å². The predicted octanol–water partition coefficient (Wildman–Crippen LogP) is 4.25. The third kappa shape index (κ3) is 4.56. The van der Waals surface area contributed by atoms with Gasteiger partial charge in [-0.05, 0) is 42.2 Å². The van der Waals surface area contributed by atoms with Crippen molar-refractivity contribution >= 4 is 33.2 Å². The third-order valence-electron chi connectivity index (χ3n) is 4.42. The fraction of sp³-hybridized carbons (Fsp3) is 0.316. The molecule has 1 aliphatic heterocycles. The molecule has 1 fully saturated rings. The van der Waals surface area contributed by atoms with Gasteiger partial charge in [0.1, 0.15) is 0 Å². The molecular weight excluding hydrogens is 372 g/mol. The molecule has 0 spiro atoms. The molecular formula is C19H21ClN2O3S.